The number of aromatic nitrogens is 2. The molecule has 2 heterocycles. The Balaban J connectivity index is 2.23. The van der Waals surface area contributed by atoms with Gasteiger partial charge in [-0.3, -0.25) is 0 Å². The Morgan fingerprint density at radius 1 is 1.43 bits per heavy atom. The van der Waals surface area contributed by atoms with Crippen LogP contribution in [0.5, 0.6) is 0 Å². The number of hydrogen-bond donors (Lipinski definition) is 2. The van der Waals surface area contributed by atoms with Gasteiger partial charge < -0.3 is 20.1 Å². The van der Waals surface area contributed by atoms with E-state index in [0.29, 0.717) is 13.2 Å². The maximum atomic E-state index is 9.32. The molecule has 0 bridgehead atoms. The first-order valence-corrected chi connectivity index (χ1v) is 7.78. The van der Waals surface area contributed by atoms with Gasteiger partial charge in [0.25, 0.3) is 0 Å². The van der Waals surface area contributed by atoms with Gasteiger partial charge in [0.05, 0.1) is 25.4 Å². The van der Waals surface area contributed by atoms with Crippen LogP contribution in [0.25, 0.3) is 0 Å². The molecule has 21 heavy (non-hydrogen) atoms. The summed E-state index contributed by atoms with van der Waals surface area (Å²) in [6.07, 6.45) is 1.71. The first kappa shape index (κ1) is 16.0. The highest BCUT2D eigenvalue weighted by molar-refractivity contribution is 5.50. The second-order valence-corrected chi connectivity index (χ2v) is 5.45. The Kier molecular flexibility index (Phi) is 5.76. The number of aryl methyl sites for hydroxylation is 1. The van der Waals surface area contributed by atoms with E-state index in [-0.39, 0.29) is 18.8 Å². The van der Waals surface area contributed by atoms with Crippen LogP contribution in [0.1, 0.15) is 33.0 Å². The van der Waals surface area contributed by atoms with Crippen molar-refractivity contribution in [1.29, 1.82) is 0 Å². The molecule has 0 aromatic carbocycles. The molecule has 0 radical (unpaired) electrons. The molecule has 0 saturated carbocycles. The van der Waals surface area contributed by atoms with E-state index in [9.17, 15) is 5.11 Å². The summed E-state index contributed by atoms with van der Waals surface area (Å²) in [6, 6.07) is 2.23. The fourth-order valence-electron chi connectivity index (χ4n) is 2.38. The average molecular weight is 294 g/mol. The number of morpholine rings is 1. The van der Waals surface area contributed by atoms with E-state index in [1.54, 1.807) is 0 Å². The first-order valence-electron chi connectivity index (χ1n) is 7.78. The first-order chi connectivity index (χ1) is 10.2. The van der Waals surface area contributed by atoms with Gasteiger partial charge >= 0.3 is 0 Å². The van der Waals surface area contributed by atoms with Gasteiger partial charge in [-0.2, -0.15) is 0 Å². The highest BCUT2D eigenvalue weighted by atomic mass is 16.5. The van der Waals surface area contributed by atoms with Gasteiger partial charge in [-0.1, -0.05) is 13.8 Å². The van der Waals surface area contributed by atoms with Gasteiger partial charge in [-0.25, -0.2) is 9.97 Å². The number of nitrogens with one attached hydrogen (secondary N) is 1. The molecule has 2 atom stereocenters. The number of anilines is 2. The SMILES string of the molecule is CCCNc1cc(N2CC(CO)OCC2C)nc(CC)n1. The van der Waals surface area contributed by atoms with Crippen LogP contribution < -0.4 is 10.2 Å². The predicted molar refractivity (Wildman–Crippen MR) is 83.8 cm³/mol. The molecule has 2 N–H and O–H groups in total. The van der Waals surface area contributed by atoms with Crippen LogP contribution >= 0.6 is 0 Å². The summed E-state index contributed by atoms with van der Waals surface area (Å²) in [4.78, 5) is 11.4. The number of aliphatic hydroxyl groups excluding tert-OH is 1. The molecule has 2 rings (SSSR count). The van der Waals surface area contributed by atoms with E-state index in [2.05, 4.69) is 41.0 Å². The summed E-state index contributed by atoms with van der Waals surface area (Å²) >= 11 is 0. The van der Waals surface area contributed by atoms with Crippen LogP contribution in [-0.2, 0) is 11.2 Å². The minimum absolute atomic E-state index is 0.0376. The third kappa shape index (κ3) is 4.04. The Morgan fingerprint density at radius 2 is 2.24 bits per heavy atom. The quantitative estimate of drug-likeness (QED) is 0.827. The number of hydrogen-bond acceptors (Lipinski definition) is 6. The molecule has 0 amide bonds. The number of aliphatic hydroxyl groups is 1. The molecule has 1 aliphatic heterocycles. The maximum absolute atomic E-state index is 9.32. The van der Waals surface area contributed by atoms with Gasteiger partial charge in [-0.15, -0.1) is 0 Å². The third-order valence-electron chi connectivity index (χ3n) is 3.63. The summed E-state index contributed by atoms with van der Waals surface area (Å²) in [7, 11) is 0. The number of ether oxygens (including phenoxy) is 1. The van der Waals surface area contributed by atoms with Crippen LogP contribution in [0.15, 0.2) is 6.07 Å². The van der Waals surface area contributed by atoms with E-state index in [1.165, 1.54) is 0 Å². The van der Waals surface area contributed by atoms with Crippen molar-refractivity contribution in [2.45, 2.75) is 45.8 Å². The highest BCUT2D eigenvalue weighted by Crippen LogP contribution is 2.22. The summed E-state index contributed by atoms with van der Waals surface area (Å²) in [6.45, 7) is 8.50. The van der Waals surface area contributed by atoms with Gasteiger partial charge in [-0.05, 0) is 13.3 Å². The highest BCUT2D eigenvalue weighted by Gasteiger charge is 2.27. The molecule has 1 aromatic rings. The van der Waals surface area contributed by atoms with Gasteiger partial charge in [0.15, 0.2) is 0 Å². The molecular formula is C15H26N4O2. The van der Waals surface area contributed by atoms with Crippen molar-refractivity contribution in [2.75, 3.05) is 36.5 Å². The lowest BCUT2D eigenvalue weighted by Crippen LogP contribution is -2.50. The number of rotatable bonds is 6. The fourth-order valence-corrected chi connectivity index (χ4v) is 2.38. The van der Waals surface area contributed by atoms with Crippen LogP contribution in [0.2, 0.25) is 0 Å². The molecule has 118 valence electrons. The lowest BCUT2D eigenvalue weighted by Gasteiger charge is -2.38. The molecule has 6 nitrogen and oxygen atoms in total. The Hall–Kier alpha value is -1.40. The molecule has 1 saturated heterocycles. The lowest BCUT2D eigenvalue weighted by molar-refractivity contribution is -0.0105. The Labute approximate surface area is 126 Å². The van der Waals surface area contributed by atoms with E-state index in [4.69, 9.17) is 4.74 Å². The fraction of sp³-hybridized carbons (Fsp3) is 0.733. The van der Waals surface area contributed by atoms with Crippen molar-refractivity contribution in [2.24, 2.45) is 0 Å². The normalized spacial score (nSPS) is 22.4. The van der Waals surface area contributed by atoms with Crippen molar-refractivity contribution in [3.05, 3.63) is 11.9 Å². The topological polar surface area (TPSA) is 70.5 Å². The van der Waals surface area contributed by atoms with Crippen molar-refractivity contribution in [3.8, 4) is 0 Å². The predicted octanol–water partition coefficient (Wildman–Crippen LogP) is 1.45. The Bertz CT molecular complexity index is 455. The minimum atomic E-state index is -0.145. The number of nitrogens with zero attached hydrogens (tertiary/aromatic N) is 3. The standard InChI is InChI=1S/C15H26N4O2/c1-4-6-16-14-7-15(18-13(5-2)17-14)19-8-12(9-20)21-10-11(19)3/h7,11-12,20H,4-6,8-10H2,1-3H3,(H,16,17,18). The summed E-state index contributed by atoms with van der Waals surface area (Å²) in [5, 5.41) is 12.6. The minimum Gasteiger partial charge on any atom is -0.394 e. The zero-order valence-corrected chi connectivity index (χ0v) is 13.2. The molecule has 1 aromatic heterocycles. The molecule has 1 aliphatic rings. The van der Waals surface area contributed by atoms with Crippen LogP contribution in [0.3, 0.4) is 0 Å². The van der Waals surface area contributed by atoms with E-state index >= 15 is 0 Å². The molecular weight excluding hydrogens is 268 g/mol. The van der Waals surface area contributed by atoms with Crippen molar-refractivity contribution >= 4 is 11.6 Å². The molecule has 0 aliphatic carbocycles. The van der Waals surface area contributed by atoms with Crippen LogP contribution in [0, 0.1) is 0 Å². The summed E-state index contributed by atoms with van der Waals surface area (Å²) in [5.74, 6) is 2.62. The maximum Gasteiger partial charge on any atom is 0.134 e. The lowest BCUT2D eigenvalue weighted by atomic mass is 10.2. The van der Waals surface area contributed by atoms with E-state index < -0.39 is 0 Å². The van der Waals surface area contributed by atoms with Crippen molar-refractivity contribution < 1.29 is 9.84 Å². The van der Waals surface area contributed by atoms with Gasteiger partial charge in [0, 0.05) is 25.6 Å². The van der Waals surface area contributed by atoms with Crippen molar-refractivity contribution in [3.63, 3.8) is 0 Å². The molecule has 0 spiro atoms. The second kappa shape index (κ2) is 7.56. The van der Waals surface area contributed by atoms with Crippen LogP contribution in [0.4, 0.5) is 11.6 Å². The second-order valence-electron chi connectivity index (χ2n) is 5.45. The van der Waals surface area contributed by atoms with E-state index in [0.717, 1.165) is 36.8 Å². The zero-order valence-electron chi connectivity index (χ0n) is 13.2. The molecule has 2 unspecified atom stereocenters. The van der Waals surface area contributed by atoms with E-state index in [1.807, 2.05) is 6.07 Å². The van der Waals surface area contributed by atoms with Gasteiger partial charge in [0.2, 0.25) is 0 Å². The monoisotopic (exact) mass is 294 g/mol. The summed E-state index contributed by atoms with van der Waals surface area (Å²) < 4.78 is 5.59. The molecule has 1 fully saturated rings. The average Bonchev–Trinajstić information content (AvgIpc) is 2.53. The largest absolute Gasteiger partial charge is 0.394 e. The smallest absolute Gasteiger partial charge is 0.134 e. The Morgan fingerprint density at radius 3 is 2.90 bits per heavy atom. The zero-order chi connectivity index (χ0) is 15.2. The van der Waals surface area contributed by atoms with Crippen molar-refractivity contribution in [1.82, 2.24) is 9.97 Å². The third-order valence-corrected chi connectivity index (χ3v) is 3.63. The van der Waals surface area contributed by atoms with Crippen LogP contribution in [-0.4, -0.2) is 53.5 Å². The molecule has 6 heteroatoms. The summed E-state index contributed by atoms with van der Waals surface area (Å²) in [5.41, 5.74) is 0. The van der Waals surface area contributed by atoms with Gasteiger partial charge in [0.1, 0.15) is 17.5 Å².